The number of carbonyl (C=O) groups is 2. The summed E-state index contributed by atoms with van der Waals surface area (Å²) >= 11 is 0. The number of aliphatic hydroxyl groups excluding tert-OH is 1. The van der Waals surface area contributed by atoms with Crippen LogP contribution in [0.3, 0.4) is 0 Å². The number of amides is 3. The normalized spacial score (nSPS) is 17.7. The molecule has 1 aliphatic rings. The molecule has 31 heavy (non-hydrogen) atoms. The van der Waals surface area contributed by atoms with Gasteiger partial charge in [0.25, 0.3) is 5.91 Å². The molecule has 4 rings (SSSR count). The zero-order valence-electron chi connectivity index (χ0n) is 16.3. The Morgan fingerprint density at radius 2 is 1.84 bits per heavy atom. The molecule has 0 saturated carbocycles. The lowest BCUT2D eigenvalue weighted by molar-refractivity contribution is -0.124. The van der Waals surface area contributed by atoms with E-state index in [9.17, 15) is 19.8 Å². The predicted molar refractivity (Wildman–Crippen MR) is 110 cm³/mol. The third kappa shape index (κ3) is 3.72. The smallest absolute Gasteiger partial charge is 0.322 e. The highest BCUT2D eigenvalue weighted by atomic mass is 16.5. The fourth-order valence-corrected chi connectivity index (χ4v) is 3.57. The van der Waals surface area contributed by atoms with E-state index >= 15 is 0 Å². The topological polar surface area (TPSA) is 133 Å². The molecule has 3 aromatic rings. The number of phenols is 1. The fraction of sp³-hybridized carbons (Fsp3) is 0.182. The van der Waals surface area contributed by atoms with E-state index in [1.54, 1.807) is 36.5 Å². The fourth-order valence-electron chi connectivity index (χ4n) is 3.57. The molecule has 2 heterocycles. The zero-order chi connectivity index (χ0) is 22.0. The van der Waals surface area contributed by atoms with Crippen LogP contribution in [-0.2, 0) is 16.9 Å². The number of rotatable bonds is 5. The van der Waals surface area contributed by atoms with Crippen molar-refractivity contribution in [3.8, 4) is 29.2 Å². The number of aromatic hydroxyl groups is 2. The highest BCUT2D eigenvalue weighted by Crippen LogP contribution is 2.35. The monoisotopic (exact) mass is 421 g/mol. The van der Waals surface area contributed by atoms with Crippen LogP contribution < -0.4 is 15.4 Å². The van der Waals surface area contributed by atoms with Gasteiger partial charge in [-0.15, -0.1) is 0 Å². The zero-order valence-corrected chi connectivity index (χ0v) is 16.3. The molecule has 0 bridgehead atoms. The quantitative estimate of drug-likeness (QED) is 0.310. The third-order valence-electron chi connectivity index (χ3n) is 5.06. The number of nitrogens with one attached hydrogen (secondary N) is 2. The maximum Gasteiger partial charge on any atom is 0.322 e. The van der Waals surface area contributed by atoms with Gasteiger partial charge in [0.05, 0.1) is 6.54 Å². The maximum atomic E-state index is 12.8. The van der Waals surface area contributed by atoms with Crippen LogP contribution in [0.4, 0.5) is 4.79 Å². The van der Waals surface area contributed by atoms with Crippen molar-refractivity contribution in [2.75, 3.05) is 13.2 Å². The highest BCUT2D eigenvalue weighted by molar-refractivity contribution is 6.07. The average Bonchev–Trinajstić information content (AvgIpc) is 3.21. The molecule has 5 N–H and O–H groups in total. The Balaban J connectivity index is 1.68. The molecule has 1 aromatic heterocycles. The second-order valence-electron chi connectivity index (χ2n) is 6.99. The van der Waals surface area contributed by atoms with Crippen molar-refractivity contribution in [1.82, 2.24) is 15.2 Å². The summed E-state index contributed by atoms with van der Waals surface area (Å²) in [5.41, 5.74) is -0.967. The van der Waals surface area contributed by atoms with Crippen LogP contribution in [0.1, 0.15) is 5.56 Å². The van der Waals surface area contributed by atoms with E-state index in [1.165, 1.54) is 16.7 Å². The Bertz CT molecular complexity index is 1220. The van der Waals surface area contributed by atoms with Gasteiger partial charge >= 0.3 is 6.03 Å². The molecule has 1 atom stereocenters. The number of fused-ring (bicyclic) bond motifs is 1. The summed E-state index contributed by atoms with van der Waals surface area (Å²) in [6, 6.07) is 10.5. The highest BCUT2D eigenvalue weighted by Gasteiger charge is 2.48. The summed E-state index contributed by atoms with van der Waals surface area (Å²) in [6.45, 7) is -0.229. The molecule has 0 radical (unpaired) electrons. The van der Waals surface area contributed by atoms with Crippen LogP contribution in [0.5, 0.6) is 17.4 Å². The second kappa shape index (κ2) is 7.93. The van der Waals surface area contributed by atoms with E-state index in [0.29, 0.717) is 22.1 Å². The minimum atomic E-state index is -1.46. The van der Waals surface area contributed by atoms with Gasteiger partial charge in [-0.3, -0.25) is 10.1 Å². The number of aromatic nitrogens is 1. The minimum Gasteiger partial charge on any atom is -0.508 e. The van der Waals surface area contributed by atoms with Gasteiger partial charge in [-0.25, -0.2) is 4.79 Å². The number of imide groups is 1. The maximum absolute atomic E-state index is 12.8. The average molecular weight is 421 g/mol. The van der Waals surface area contributed by atoms with Crippen LogP contribution in [0.2, 0.25) is 0 Å². The van der Waals surface area contributed by atoms with Crippen molar-refractivity contribution in [3.05, 3.63) is 54.2 Å². The first-order valence-electron chi connectivity index (χ1n) is 9.37. The molecular weight excluding hydrogens is 402 g/mol. The Hall–Kier alpha value is -4.16. The SMILES string of the molecule is O=C1NC(=O)[C@](Cn2cc3ccc(O)cc3c2O)(c2ccc(OCC#CCO)cc2)N1. The van der Waals surface area contributed by atoms with E-state index in [-0.39, 0.29) is 31.4 Å². The van der Waals surface area contributed by atoms with E-state index < -0.39 is 17.5 Å². The molecule has 1 fully saturated rings. The summed E-state index contributed by atoms with van der Waals surface area (Å²) in [7, 11) is 0. The Morgan fingerprint density at radius 1 is 1.06 bits per heavy atom. The molecule has 0 unspecified atom stereocenters. The Kier molecular flexibility index (Phi) is 5.15. The van der Waals surface area contributed by atoms with Crippen molar-refractivity contribution in [3.63, 3.8) is 0 Å². The summed E-state index contributed by atoms with van der Waals surface area (Å²) in [5, 5.41) is 35.0. The molecule has 1 aliphatic heterocycles. The van der Waals surface area contributed by atoms with Gasteiger partial charge in [-0.2, -0.15) is 0 Å². The van der Waals surface area contributed by atoms with Gasteiger partial charge in [-0.1, -0.05) is 24.0 Å². The van der Waals surface area contributed by atoms with Crippen LogP contribution in [-0.4, -0.2) is 45.0 Å². The summed E-state index contributed by atoms with van der Waals surface area (Å²) < 4.78 is 6.90. The number of urea groups is 1. The van der Waals surface area contributed by atoms with Crippen LogP contribution in [0.15, 0.2) is 48.7 Å². The number of nitrogens with zero attached hydrogens (tertiary/aromatic N) is 1. The van der Waals surface area contributed by atoms with Gasteiger partial charge in [0.2, 0.25) is 0 Å². The molecular formula is C22H19N3O6. The van der Waals surface area contributed by atoms with Gasteiger partial charge in [-0.05, 0) is 35.9 Å². The number of aliphatic hydroxyl groups is 1. The number of phenolic OH excluding ortho intramolecular Hbond substituents is 1. The van der Waals surface area contributed by atoms with Crippen molar-refractivity contribution >= 4 is 22.7 Å². The van der Waals surface area contributed by atoms with Gasteiger partial charge < -0.3 is 29.9 Å². The van der Waals surface area contributed by atoms with Crippen LogP contribution in [0.25, 0.3) is 10.8 Å². The Labute approximate surface area is 176 Å². The van der Waals surface area contributed by atoms with E-state index in [0.717, 1.165) is 0 Å². The molecule has 2 aromatic carbocycles. The van der Waals surface area contributed by atoms with E-state index in [1.807, 2.05) is 0 Å². The number of ether oxygens (including phenoxy) is 1. The largest absolute Gasteiger partial charge is 0.508 e. The van der Waals surface area contributed by atoms with Crippen molar-refractivity contribution < 1.29 is 29.6 Å². The van der Waals surface area contributed by atoms with Gasteiger partial charge in [0, 0.05) is 17.0 Å². The third-order valence-corrected chi connectivity index (χ3v) is 5.06. The molecule has 0 aliphatic carbocycles. The first-order valence-corrected chi connectivity index (χ1v) is 9.37. The first kappa shape index (κ1) is 20.1. The lowest BCUT2D eigenvalue weighted by Gasteiger charge is -2.27. The molecule has 3 amide bonds. The first-order chi connectivity index (χ1) is 14.9. The predicted octanol–water partition coefficient (Wildman–Crippen LogP) is 1.16. The molecule has 1 saturated heterocycles. The van der Waals surface area contributed by atoms with E-state index in [4.69, 9.17) is 9.84 Å². The van der Waals surface area contributed by atoms with Crippen molar-refractivity contribution in [2.45, 2.75) is 12.1 Å². The number of hydrogen-bond acceptors (Lipinski definition) is 6. The number of hydrogen-bond donors (Lipinski definition) is 5. The van der Waals surface area contributed by atoms with Gasteiger partial charge in [0.1, 0.15) is 24.7 Å². The van der Waals surface area contributed by atoms with Crippen molar-refractivity contribution in [2.24, 2.45) is 0 Å². The lowest BCUT2D eigenvalue weighted by Crippen LogP contribution is -2.47. The molecule has 9 heteroatoms. The standard InChI is InChI=1S/C22H19N3O6/c26-9-1-2-10-31-17-7-4-15(5-8-17)22(20(29)23-21(30)24-22)13-25-12-14-3-6-16(27)11-18(14)19(25)28/h3-8,11-12,26-28H,9-10,13H2,(H2,23,24,29,30)/t22-/m0/s1. The lowest BCUT2D eigenvalue weighted by atomic mass is 9.89. The molecule has 0 spiro atoms. The summed E-state index contributed by atoms with van der Waals surface area (Å²) in [4.78, 5) is 24.8. The van der Waals surface area contributed by atoms with E-state index in [2.05, 4.69) is 22.5 Å². The Morgan fingerprint density at radius 3 is 2.52 bits per heavy atom. The minimum absolute atomic E-state index is 0.00134. The summed E-state index contributed by atoms with van der Waals surface area (Å²) in [6.07, 6.45) is 1.64. The van der Waals surface area contributed by atoms with Crippen molar-refractivity contribution in [1.29, 1.82) is 0 Å². The number of carbonyl (C=O) groups excluding carboxylic acids is 2. The van der Waals surface area contributed by atoms with Crippen LogP contribution >= 0.6 is 0 Å². The molecule has 9 nitrogen and oxygen atoms in total. The summed E-state index contributed by atoms with van der Waals surface area (Å²) in [5.74, 6) is 4.92. The number of benzene rings is 2. The molecule has 158 valence electrons. The second-order valence-corrected chi connectivity index (χ2v) is 6.99. The van der Waals surface area contributed by atoms with Gasteiger partial charge in [0.15, 0.2) is 11.4 Å². The van der Waals surface area contributed by atoms with Crippen LogP contribution in [0, 0.1) is 11.8 Å².